The number of carbonyl (C=O) groups excluding carboxylic acids is 1. The zero-order valence-electron chi connectivity index (χ0n) is 9.43. The normalized spacial score (nSPS) is 10.1. The molecule has 0 aromatic heterocycles. The number of hydrogen-bond donors (Lipinski definition) is 2. The molecule has 0 amide bonds. The SMILES string of the molecule is CCOC(=O)c1cc(I)c(NCCN)c(I)c1. The molecule has 0 radical (unpaired) electrons. The number of nitrogens with two attached hydrogens (primary N) is 1. The van der Waals surface area contributed by atoms with Crippen LogP contribution in [0.4, 0.5) is 5.69 Å². The van der Waals surface area contributed by atoms with Crippen molar-refractivity contribution in [2.24, 2.45) is 5.73 Å². The lowest BCUT2D eigenvalue weighted by Crippen LogP contribution is -2.15. The number of carbonyl (C=O) groups is 1. The van der Waals surface area contributed by atoms with E-state index in [1.54, 1.807) is 6.92 Å². The Kier molecular flexibility index (Phi) is 6.49. The molecule has 0 fully saturated rings. The number of esters is 1. The van der Waals surface area contributed by atoms with E-state index < -0.39 is 0 Å². The van der Waals surface area contributed by atoms with Gasteiger partial charge in [0.25, 0.3) is 0 Å². The average molecular weight is 460 g/mol. The van der Waals surface area contributed by atoms with Crippen molar-refractivity contribution in [3.63, 3.8) is 0 Å². The third-order valence-electron chi connectivity index (χ3n) is 2.00. The predicted molar refractivity (Wildman–Crippen MR) is 85.4 cm³/mol. The first-order chi connectivity index (χ1) is 8.10. The molecular formula is C11H14I2N2O2. The molecule has 0 spiro atoms. The molecule has 1 aromatic rings. The molecule has 1 rings (SSSR count). The summed E-state index contributed by atoms with van der Waals surface area (Å²) >= 11 is 4.39. The molecule has 0 saturated heterocycles. The van der Waals surface area contributed by atoms with Crippen LogP contribution in [0.25, 0.3) is 0 Å². The quantitative estimate of drug-likeness (QED) is 0.524. The van der Waals surface area contributed by atoms with Crippen molar-refractivity contribution in [3.8, 4) is 0 Å². The number of hydrogen-bond acceptors (Lipinski definition) is 4. The fraction of sp³-hybridized carbons (Fsp3) is 0.364. The molecule has 0 heterocycles. The Labute approximate surface area is 128 Å². The number of anilines is 1. The van der Waals surface area contributed by atoms with Crippen LogP contribution in [-0.4, -0.2) is 25.7 Å². The second kappa shape index (κ2) is 7.37. The fourth-order valence-corrected chi connectivity index (χ4v) is 3.42. The van der Waals surface area contributed by atoms with Gasteiger partial charge in [0, 0.05) is 20.2 Å². The van der Waals surface area contributed by atoms with E-state index in [1.165, 1.54) is 0 Å². The van der Waals surface area contributed by atoms with Crippen LogP contribution in [0, 0.1) is 7.14 Å². The molecule has 0 aliphatic rings. The summed E-state index contributed by atoms with van der Waals surface area (Å²) in [5.41, 5.74) is 7.05. The van der Waals surface area contributed by atoms with E-state index >= 15 is 0 Å². The molecule has 94 valence electrons. The summed E-state index contributed by atoms with van der Waals surface area (Å²) < 4.78 is 6.96. The second-order valence-electron chi connectivity index (χ2n) is 3.25. The summed E-state index contributed by atoms with van der Waals surface area (Å²) in [6, 6.07) is 3.64. The molecule has 3 N–H and O–H groups in total. The van der Waals surface area contributed by atoms with Gasteiger partial charge in [-0.05, 0) is 64.2 Å². The summed E-state index contributed by atoms with van der Waals surface area (Å²) in [5.74, 6) is -0.284. The van der Waals surface area contributed by atoms with Crippen molar-refractivity contribution in [1.29, 1.82) is 0 Å². The van der Waals surface area contributed by atoms with Gasteiger partial charge in [-0.3, -0.25) is 0 Å². The van der Waals surface area contributed by atoms with E-state index in [9.17, 15) is 4.79 Å². The Morgan fingerprint density at radius 1 is 1.41 bits per heavy atom. The lowest BCUT2D eigenvalue weighted by molar-refractivity contribution is 0.0526. The summed E-state index contributed by atoms with van der Waals surface area (Å²) in [7, 11) is 0. The highest BCUT2D eigenvalue weighted by molar-refractivity contribution is 14.1. The zero-order chi connectivity index (χ0) is 12.8. The van der Waals surface area contributed by atoms with Crippen LogP contribution in [0.1, 0.15) is 17.3 Å². The minimum atomic E-state index is -0.284. The van der Waals surface area contributed by atoms with E-state index in [1.807, 2.05) is 12.1 Å². The van der Waals surface area contributed by atoms with Gasteiger partial charge in [0.05, 0.1) is 17.9 Å². The van der Waals surface area contributed by atoms with Crippen LogP contribution in [-0.2, 0) is 4.74 Å². The first-order valence-electron chi connectivity index (χ1n) is 5.20. The van der Waals surface area contributed by atoms with Crippen molar-refractivity contribution < 1.29 is 9.53 Å². The monoisotopic (exact) mass is 460 g/mol. The Morgan fingerprint density at radius 2 is 2.00 bits per heavy atom. The van der Waals surface area contributed by atoms with Gasteiger partial charge in [-0.1, -0.05) is 0 Å². The zero-order valence-corrected chi connectivity index (χ0v) is 13.7. The molecule has 1 aromatic carbocycles. The minimum Gasteiger partial charge on any atom is -0.462 e. The lowest BCUT2D eigenvalue weighted by Gasteiger charge is -2.11. The largest absolute Gasteiger partial charge is 0.462 e. The molecule has 6 heteroatoms. The minimum absolute atomic E-state index is 0.284. The van der Waals surface area contributed by atoms with E-state index in [2.05, 4.69) is 50.5 Å². The van der Waals surface area contributed by atoms with Gasteiger partial charge in [-0.25, -0.2) is 4.79 Å². The standard InChI is InChI=1S/C11H14I2N2O2/c1-2-17-11(16)7-5-8(12)10(9(13)6-7)15-4-3-14/h5-6,15H,2-4,14H2,1H3. The topological polar surface area (TPSA) is 64.3 Å². The van der Waals surface area contributed by atoms with Crippen LogP contribution < -0.4 is 11.1 Å². The number of benzene rings is 1. The van der Waals surface area contributed by atoms with Crippen LogP contribution in [0.3, 0.4) is 0 Å². The third kappa shape index (κ3) is 4.25. The summed E-state index contributed by atoms with van der Waals surface area (Å²) in [4.78, 5) is 11.6. The molecule has 0 saturated carbocycles. The van der Waals surface area contributed by atoms with Crippen LogP contribution in [0.15, 0.2) is 12.1 Å². The van der Waals surface area contributed by atoms with Crippen LogP contribution in [0.5, 0.6) is 0 Å². The molecule has 0 unspecified atom stereocenters. The first-order valence-corrected chi connectivity index (χ1v) is 7.36. The molecule has 17 heavy (non-hydrogen) atoms. The number of rotatable bonds is 5. The van der Waals surface area contributed by atoms with Crippen molar-refractivity contribution in [2.45, 2.75) is 6.92 Å². The van der Waals surface area contributed by atoms with Crippen molar-refractivity contribution >= 4 is 56.8 Å². The Bertz CT molecular complexity index is 387. The summed E-state index contributed by atoms with van der Waals surface area (Å²) in [6.07, 6.45) is 0. The summed E-state index contributed by atoms with van der Waals surface area (Å²) in [6.45, 7) is 3.47. The molecule has 0 bridgehead atoms. The van der Waals surface area contributed by atoms with Gasteiger partial charge in [0.2, 0.25) is 0 Å². The Hall–Kier alpha value is -0.0900. The van der Waals surface area contributed by atoms with Crippen LogP contribution in [0.2, 0.25) is 0 Å². The summed E-state index contributed by atoms with van der Waals surface area (Å²) in [5, 5.41) is 3.24. The fourth-order valence-electron chi connectivity index (χ4n) is 1.27. The van der Waals surface area contributed by atoms with Gasteiger partial charge in [0.1, 0.15) is 0 Å². The van der Waals surface area contributed by atoms with Gasteiger partial charge < -0.3 is 15.8 Å². The highest BCUT2D eigenvalue weighted by Gasteiger charge is 2.12. The van der Waals surface area contributed by atoms with Crippen molar-refractivity contribution in [3.05, 3.63) is 24.8 Å². The maximum atomic E-state index is 11.6. The van der Waals surface area contributed by atoms with Crippen molar-refractivity contribution in [2.75, 3.05) is 25.0 Å². The Balaban J connectivity index is 2.96. The maximum Gasteiger partial charge on any atom is 0.338 e. The molecule has 0 aliphatic heterocycles. The van der Waals surface area contributed by atoms with Crippen LogP contribution >= 0.6 is 45.2 Å². The molecule has 0 atom stereocenters. The third-order valence-corrected chi connectivity index (χ3v) is 3.70. The van der Waals surface area contributed by atoms with E-state index in [0.29, 0.717) is 25.3 Å². The second-order valence-corrected chi connectivity index (χ2v) is 5.58. The molecular weight excluding hydrogens is 446 g/mol. The van der Waals surface area contributed by atoms with E-state index in [0.717, 1.165) is 12.8 Å². The van der Waals surface area contributed by atoms with Gasteiger partial charge in [0.15, 0.2) is 0 Å². The smallest absolute Gasteiger partial charge is 0.338 e. The highest BCUT2D eigenvalue weighted by atomic mass is 127. The van der Waals surface area contributed by atoms with Gasteiger partial charge in [-0.2, -0.15) is 0 Å². The van der Waals surface area contributed by atoms with Gasteiger partial charge >= 0.3 is 5.97 Å². The molecule has 0 aliphatic carbocycles. The Morgan fingerprint density at radius 3 is 2.47 bits per heavy atom. The highest BCUT2D eigenvalue weighted by Crippen LogP contribution is 2.26. The number of ether oxygens (including phenoxy) is 1. The predicted octanol–water partition coefficient (Wildman–Crippen LogP) is 2.44. The number of nitrogens with one attached hydrogen (secondary N) is 1. The van der Waals surface area contributed by atoms with E-state index in [4.69, 9.17) is 10.5 Å². The first kappa shape index (κ1) is 15.0. The lowest BCUT2D eigenvalue weighted by atomic mass is 10.2. The average Bonchev–Trinajstić information content (AvgIpc) is 2.28. The van der Waals surface area contributed by atoms with Gasteiger partial charge in [-0.15, -0.1) is 0 Å². The molecule has 4 nitrogen and oxygen atoms in total. The maximum absolute atomic E-state index is 11.6. The van der Waals surface area contributed by atoms with Crippen molar-refractivity contribution in [1.82, 2.24) is 0 Å². The van der Waals surface area contributed by atoms with E-state index in [-0.39, 0.29) is 5.97 Å². The number of halogens is 2.